The van der Waals surface area contributed by atoms with Crippen LogP contribution < -0.4 is 20.1 Å². The molecular formula is C21H25N3O2. The Hall–Kier alpha value is -2.69. The minimum atomic E-state index is 0.161. The summed E-state index contributed by atoms with van der Waals surface area (Å²) in [7, 11) is 1.81. The molecule has 0 spiro atoms. The molecule has 0 bridgehead atoms. The van der Waals surface area contributed by atoms with Gasteiger partial charge in [-0.1, -0.05) is 36.4 Å². The second kappa shape index (κ2) is 6.90. The Morgan fingerprint density at radius 1 is 1.12 bits per heavy atom. The molecule has 1 aliphatic heterocycles. The number of aliphatic imine (C=N–C) groups is 1. The maximum Gasteiger partial charge on any atom is 0.231 e. The van der Waals surface area contributed by atoms with E-state index in [9.17, 15) is 0 Å². The molecule has 4 rings (SSSR count). The largest absolute Gasteiger partial charge is 0.454 e. The first-order chi connectivity index (χ1) is 12.7. The van der Waals surface area contributed by atoms with Crippen molar-refractivity contribution in [3.63, 3.8) is 0 Å². The summed E-state index contributed by atoms with van der Waals surface area (Å²) in [4.78, 5) is 4.39. The lowest BCUT2D eigenvalue weighted by molar-refractivity contribution is 0.174. The highest BCUT2D eigenvalue weighted by atomic mass is 16.7. The van der Waals surface area contributed by atoms with E-state index >= 15 is 0 Å². The smallest absolute Gasteiger partial charge is 0.231 e. The van der Waals surface area contributed by atoms with Gasteiger partial charge in [-0.3, -0.25) is 4.99 Å². The summed E-state index contributed by atoms with van der Waals surface area (Å²) < 4.78 is 11.0. The molecule has 0 aromatic heterocycles. The van der Waals surface area contributed by atoms with Crippen LogP contribution in [0.15, 0.2) is 53.5 Å². The van der Waals surface area contributed by atoms with E-state index in [0.717, 1.165) is 24.0 Å². The van der Waals surface area contributed by atoms with E-state index in [2.05, 4.69) is 58.9 Å². The number of rotatable bonds is 5. The van der Waals surface area contributed by atoms with Crippen molar-refractivity contribution in [3.05, 3.63) is 59.7 Å². The third-order valence-electron chi connectivity index (χ3n) is 5.31. The van der Waals surface area contributed by atoms with Gasteiger partial charge < -0.3 is 20.1 Å². The average Bonchev–Trinajstić information content (AvgIpc) is 3.33. The Morgan fingerprint density at radius 3 is 2.62 bits per heavy atom. The fourth-order valence-electron chi connectivity index (χ4n) is 3.42. The van der Waals surface area contributed by atoms with Crippen LogP contribution in [0, 0.1) is 0 Å². The van der Waals surface area contributed by atoms with Gasteiger partial charge in [0.2, 0.25) is 6.79 Å². The molecule has 1 atom stereocenters. The molecule has 2 aromatic carbocycles. The number of nitrogens with one attached hydrogen (secondary N) is 2. The van der Waals surface area contributed by atoms with Crippen LogP contribution in [0.3, 0.4) is 0 Å². The van der Waals surface area contributed by atoms with Gasteiger partial charge in [0.1, 0.15) is 0 Å². The number of benzene rings is 2. The van der Waals surface area contributed by atoms with E-state index < -0.39 is 0 Å². The van der Waals surface area contributed by atoms with Crippen molar-refractivity contribution in [3.8, 4) is 11.5 Å². The minimum absolute atomic E-state index is 0.161. The lowest BCUT2D eigenvalue weighted by atomic mass is 9.95. The number of hydrogen-bond acceptors (Lipinski definition) is 3. The van der Waals surface area contributed by atoms with E-state index in [0.29, 0.717) is 6.79 Å². The first kappa shape index (κ1) is 16.8. The standard InChI is InChI=1S/C21H25N3O2/c1-15(16-6-4-3-5-7-16)24-20(22-2)23-13-21(10-11-21)17-8-9-18-19(12-17)26-14-25-18/h3-9,12,15H,10-11,13-14H2,1-2H3,(H2,22,23,24). The van der Waals surface area contributed by atoms with Crippen LogP contribution in [0.25, 0.3) is 0 Å². The lowest BCUT2D eigenvalue weighted by Gasteiger charge is -2.22. The first-order valence-corrected chi connectivity index (χ1v) is 9.12. The summed E-state index contributed by atoms with van der Waals surface area (Å²) in [5, 5.41) is 6.98. The highest BCUT2D eigenvalue weighted by Gasteiger charge is 2.44. The number of ether oxygens (including phenoxy) is 2. The monoisotopic (exact) mass is 351 g/mol. The molecule has 0 radical (unpaired) electrons. The van der Waals surface area contributed by atoms with Gasteiger partial charge in [0.15, 0.2) is 17.5 Å². The van der Waals surface area contributed by atoms with Crippen molar-refractivity contribution in [1.29, 1.82) is 0 Å². The molecule has 0 saturated heterocycles. The number of nitrogens with zero attached hydrogens (tertiary/aromatic N) is 1. The predicted octanol–water partition coefficient (Wildman–Crippen LogP) is 3.37. The maximum absolute atomic E-state index is 5.53. The van der Waals surface area contributed by atoms with E-state index in [4.69, 9.17) is 9.47 Å². The van der Waals surface area contributed by atoms with Gasteiger partial charge in [-0.05, 0) is 43.0 Å². The lowest BCUT2D eigenvalue weighted by Crippen LogP contribution is -2.42. The van der Waals surface area contributed by atoms with Crippen LogP contribution in [-0.2, 0) is 5.41 Å². The molecule has 1 fully saturated rings. The van der Waals surface area contributed by atoms with Gasteiger partial charge in [0.25, 0.3) is 0 Å². The van der Waals surface area contributed by atoms with E-state index in [1.54, 1.807) is 0 Å². The molecule has 2 aliphatic rings. The van der Waals surface area contributed by atoms with Crippen LogP contribution in [0.1, 0.15) is 36.9 Å². The van der Waals surface area contributed by atoms with Crippen LogP contribution in [0.5, 0.6) is 11.5 Å². The van der Waals surface area contributed by atoms with Gasteiger partial charge in [0.05, 0.1) is 6.04 Å². The van der Waals surface area contributed by atoms with Crippen LogP contribution in [0.4, 0.5) is 0 Å². The highest BCUT2D eigenvalue weighted by molar-refractivity contribution is 5.80. The second-order valence-electron chi connectivity index (χ2n) is 7.05. The second-order valence-corrected chi connectivity index (χ2v) is 7.05. The maximum atomic E-state index is 5.53. The zero-order chi connectivity index (χ0) is 18.0. The average molecular weight is 351 g/mol. The van der Waals surface area contributed by atoms with Crippen molar-refractivity contribution in [1.82, 2.24) is 10.6 Å². The normalized spacial score (nSPS) is 18.3. The first-order valence-electron chi connectivity index (χ1n) is 9.12. The molecule has 1 unspecified atom stereocenters. The Bertz CT molecular complexity index is 800. The Morgan fingerprint density at radius 2 is 1.88 bits per heavy atom. The molecule has 5 heteroatoms. The summed E-state index contributed by atoms with van der Waals surface area (Å²) in [5.41, 5.74) is 2.71. The van der Waals surface area contributed by atoms with E-state index in [-0.39, 0.29) is 11.5 Å². The topological polar surface area (TPSA) is 54.9 Å². The number of fused-ring (bicyclic) bond motifs is 1. The molecule has 2 aromatic rings. The summed E-state index contributed by atoms with van der Waals surface area (Å²) in [6.45, 7) is 3.32. The van der Waals surface area contributed by atoms with Gasteiger partial charge >= 0.3 is 0 Å². The summed E-state index contributed by atoms with van der Waals surface area (Å²) in [6, 6.07) is 16.9. The fraction of sp³-hybridized carbons (Fsp3) is 0.381. The molecule has 26 heavy (non-hydrogen) atoms. The quantitative estimate of drug-likeness (QED) is 0.641. The Kier molecular flexibility index (Phi) is 4.45. The van der Waals surface area contributed by atoms with Crippen molar-refractivity contribution >= 4 is 5.96 Å². The van der Waals surface area contributed by atoms with Gasteiger partial charge in [-0.2, -0.15) is 0 Å². The highest BCUT2D eigenvalue weighted by Crippen LogP contribution is 2.49. The SMILES string of the molecule is CN=C(NCC1(c2ccc3c(c2)OCO3)CC1)NC(C)c1ccccc1. The number of guanidine groups is 1. The molecule has 0 amide bonds. The fourth-order valence-corrected chi connectivity index (χ4v) is 3.42. The van der Waals surface area contributed by atoms with E-state index in [1.807, 2.05) is 19.2 Å². The molecule has 1 heterocycles. The van der Waals surface area contributed by atoms with Crippen molar-refractivity contribution in [2.45, 2.75) is 31.2 Å². The zero-order valence-electron chi connectivity index (χ0n) is 15.3. The molecule has 1 aliphatic carbocycles. The third kappa shape index (κ3) is 3.34. The van der Waals surface area contributed by atoms with Crippen LogP contribution in [-0.4, -0.2) is 26.3 Å². The minimum Gasteiger partial charge on any atom is -0.454 e. The molecule has 1 saturated carbocycles. The van der Waals surface area contributed by atoms with E-state index in [1.165, 1.54) is 24.0 Å². The predicted molar refractivity (Wildman–Crippen MR) is 103 cm³/mol. The van der Waals surface area contributed by atoms with Crippen molar-refractivity contribution < 1.29 is 9.47 Å². The molecule has 136 valence electrons. The van der Waals surface area contributed by atoms with Gasteiger partial charge in [-0.25, -0.2) is 0 Å². The summed E-state index contributed by atoms with van der Waals surface area (Å²) >= 11 is 0. The van der Waals surface area contributed by atoms with Crippen LogP contribution in [0.2, 0.25) is 0 Å². The summed E-state index contributed by atoms with van der Waals surface area (Å²) in [5.74, 6) is 2.52. The third-order valence-corrected chi connectivity index (χ3v) is 5.31. The zero-order valence-corrected chi connectivity index (χ0v) is 15.3. The van der Waals surface area contributed by atoms with Crippen LogP contribution >= 0.6 is 0 Å². The number of hydrogen-bond donors (Lipinski definition) is 2. The molecular weight excluding hydrogens is 326 g/mol. The van der Waals surface area contributed by atoms with Gasteiger partial charge in [-0.15, -0.1) is 0 Å². The Labute approximate surface area is 154 Å². The van der Waals surface area contributed by atoms with Crippen molar-refractivity contribution in [2.75, 3.05) is 20.4 Å². The van der Waals surface area contributed by atoms with Gasteiger partial charge in [0, 0.05) is 19.0 Å². The summed E-state index contributed by atoms with van der Waals surface area (Å²) in [6.07, 6.45) is 2.34. The van der Waals surface area contributed by atoms with Crippen molar-refractivity contribution in [2.24, 2.45) is 4.99 Å². The molecule has 5 nitrogen and oxygen atoms in total. The Balaban J connectivity index is 1.39. The molecule has 2 N–H and O–H groups in total.